The molecule has 1 heterocycles. The predicted octanol–water partition coefficient (Wildman–Crippen LogP) is 3.68. The van der Waals surface area contributed by atoms with Crippen LogP contribution < -0.4 is 10.6 Å². The summed E-state index contributed by atoms with van der Waals surface area (Å²) in [6.45, 7) is 0.794. The molecule has 0 radical (unpaired) electrons. The third-order valence-electron chi connectivity index (χ3n) is 3.68. The maximum atomic E-state index is 11.9. The van der Waals surface area contributed by atoms with Crippen LogP contribution in [0.25, 0.3) is 10.8 Å². The summed E-state index contributed by atoms with van der Waals surface area (Å²) in [5.74, 6) is 0.110. The minimum Gasteiger partial charge on any atom is -0.374 e. The summed E-state index contributed by atoms with van der Waals surface area (Å²) in [6.07, 6.45) is 3.04. The third-order valence-corrected chi connectivity index (χ3v) is 4.17. The minimum absolute atomic E-state index is 0.110. The van der Waals surface area contributed by atoms with Crippen molar-refractivity contribution < 1.29 is 4.79 Å². The van der Waals surface area contributed by atoms with Gasteiger partial charge >= 0.3 is 0 Å². The van der Waals surface area contributed by atoms with Gasteiger partial charge in [-0.2, -0.15) is 0 Å². The number of rotatable bonds is 2. The van der Waals surface area contributed by atoms with Crippen LogP contribution in [0, 0.1) is 0 Å². The fourth-order valence-corrected chi connectivity index (χ4v) is 2.96. The summed E-state index contributed by atoms with van der Waals surface area (Å²) >= 11 is 3.48. The molecule has 0 aliphatic carbocycles. The summed E-state index contributed by atoms with van der Waals surface area (Å²) in [4.78, 5) is 11.9. The molecule has 3 nitrogen and oxygen atoms in total. The molecule has 1 saturated heterocycles. The van der Waals surface area contributed by atoms with Crippen LogP contribution in [-0.2, 0) is 4.79 Å². The second kappa shape index (κ2) is 5.83. The lowest BCUT2D eigenvalue weighted by Gasteiger charge is -2.17. The lowest BCUT2D eigenvalue weighted by molar-refractivity contribution is -0.121. The molecular weight excluding hydrogens is 316 g/mol. The van der Waals surface area contributed by atoms with E-state index in [0.717, 1.165) is 36.0 Å². The van der Waals surface area contributed by atoms with E-state index in [0.29, 0.717) is 0 Å². The van der Waals surface area contributed by atoms with E-state index < -0.39 is 0 Å². The van der Waals surface area contributed by atoms with Gasteiger partial charge in [-0.3, -0.25) is 4.79 Å². The first kappa shape index (κ1) is 13.4. The Morgan fingerprint density at radius 3 is 2.80 bits per heavy atom. The van der Waals surface area contributed by atoms with Crippen molar-refractivity contribution in [2.24, 2.45) is 0 Å². The van der Waals surface area contributed by atoms with Crippen LogP contribution in [0.3, 0.4) is 0 Å². The Labute approximate surface area is 126 Å². The summed E-state index contributed by atoms with van der Waals surface area (Å²) in [7, 11) is 0. The lowest BCUT2D eigenvalue weighted by atomic mass is 10.1. The molecule has 1 aliphatic rings. The zero-order valence-corrected chi connectivity index (χ0v) is 12.7. The first-order valence-corrected chi connectivity index (χ1v) is 7.75. The van der Waals surface area contributed by atoms with E-state index in [9.17, 15) is 4.79 Å². The molecule has 2 N–H and O–H groups in total. The van der Waals surface area contributed by atoms with Gasteiger partial charge in [0.1, 0.15) is 6.04 Å². The van der Waals surface area contributed by atoms with E-state index in [1.165, 1.54) is 10.8 Å². The maximum Gasteiger partial charge on any atom is 0.242 e. The van der Waals surface area contributed by atoms with Gasteiger partial charge in [0.2, 0.25) is 5.91 Å². The highest BCUT2D eigenvalue weighted by Gasteiger charge is 2.20. The van der Waals surface area contributed by atoms with Crippen molar-refractivity contribution in [1.29, 1.82) is 0 Å². The van der Waals surface area contributed by atoms with Gasteiger partial charge in [0, 0.05) is 16.7 Å². The highest BCUT2D eigenvalue weighted by Crippen LogP contribution is 2.24. The molecule has 1 fully saturated rings. The molecule has 3 rings (SSSR count). The van der Waals surface area contributed by atoms with Crippen LogP contribution in [0.2, 0.25) is 0 Å². The van der Waals surface area contributed by atoms with Crippen LogP contribution in [0.5, 0.6) is 0 Å². The highest BCUT2D eigenvalue weighted by molar-refractivity contribution is 9.10. The van der Waals surface area contributed by atoms with Crippen LogP contribution in [-0.4, -0.2) is 18.5 Å². The summed E-state index contributed by atoms with van der Waals surface area (Å²) < 4.78 is 1.08. The van der Waals surface area contributed by atoms with Gasteiger partial charge in [-0.25, -0.2) is 0 Å². The molecule has 0 saturated carbocycles. The third kappa shape index (κ3) is 2.96. The fourth-order valence-electron chi connectivity index (χ4n) is 2.58. The molecule has 1 amide bonds. The molecule has 0 spiro atoms. The zero-order chi connectivity index (χ0) is 13.9. The molecule has 0 aromatic heterocycles. The summed E-state index contributed by atoms with van der Waals surface area (Å²) in [5.41, 5.74) is 1.00. The van der Waals surface area contributed by atoms with E-state index >= 15 is 0 Å². The molecule has 4 heteroatoms. The number of amides is 1. The van der Waals surface area contributed by atoms with Gasteiger partial charge in [-0.1, -0.05) is 28.1 Å². The van der Waals surface area contributed by atoms with Crippen LogP contribution in [0.4, 0.5) is 5.69 Å². The Kier molecular flexibility index (Phi) is 3.92. The van der Waals surface area contributed by atoms with Crippen LogP contribution in [0.1, 0.15) is 19.3 Å². The monoisotopic (exact) mass is 332 g/mol. The van der Waals surface area contributed by atoms with E-state index in [2.05, 4.69) is 50.8 Å². The van der Waals surface area contributed by atoms with Gasteiger partial charge in [0.25, 0.3) is 0 Å². The molecule has 1 aliphatic heterocycles. The number of anilines is 1. The topological polar surface area (TPSA) is 41.1 Å². The Hall–Kier alpha value is -1.55. The van der Waals surface area contributed by atoms with Crippen molar-refractivity contribution in [2.45, 2.75) is 25.3 Å². The summed E-state index contributed by atoms with van der Waals surface area (Å²) in [6, 6.07) is 12.3. The van der Waals surface area contributed by atoms with E-state index in [4.69, 9.17) is 0 Å². The minimum atomic E-state index is -0.120. The Morgan fingerprint density at radius 1 is 1.10 bits per heavy atom. The second-order valence-electron chi connectivity index (χ2n) is 5.19. The number of halogens is 1. The molecular formula is C16H17BrN2O. The summed E-state index contributed by atoms with van der Waals surface area (Å²) in [5, 5.41) is 8.67. The van der Waals surface area contributed by atoms with Gasteiger partial charge in [0.15, 0.2) is 0 Å². The predicted molar refractivity (Wildman–Crippen MR) is 85.9 cm³/mol. The highest BCUT2D eigenvalue weighted by atomic mass is 79.9. The first-order chi connectivity index (χ1) is 9.72. The zero-order valence-electron chi connectivity index (χ0n) is 11.2. The van der Waals surface area contributed by atoms with Gasteiger partial charge in [0.05, 0.1) is 0 Å². The molecule has 2 aromatic rings. The van der Waals surface area contributed by atoms with Crippen molar-refractivity contribution in [1.82, 2.24) is 5.32 Å². The first-order valence-electron chi connectivity index (χ1n) is 6.96. The Bertz CT molecular complexity index is 641. The van der Waals surface area contributed by atoms with Crippen molar-refractivity contribution in [3.8, 4) is 0 Å². The Morgan fingerprint density at radius 2 is 1.90 bits per heavy atom. The Balaban J connectivity index is 1.83. The van der Waals surface area contributed by atoms with E-state index in [1.54, 1.807) is 0 Å². The number of hydrogen-bond acceptors (Lipinski definition) is 2. The molecule has 2 aromatic carbocycles. The maximum absolute atomic E-state index is 11.9. The lowest BCUT2D eigenvalue weighted by Crippen LogP contribution is -2.37. The molecule has 20 heavy (non-hydrogen) atoms. The van der Waals surface area contributed by atoms with E-state index in [1.807, 2.05) is 12.1 Å². The average molecular weight is 333 g/mol. The molecule has 1 unspecified atom stereocenters. The normalized spacial score (nSPS) is 19.4. The van der Waals surface area contributed by atoms with Crippen LogP contribution >= 0.6 is 15.9 Å². The van der Waals surface area contributed by atoms with Crippen molar-refractivity contribution in [2.75, 3.05) is 11.9 Å². The number of fused-ring (bicyclic) bond motifs is 1. The SMILES string of the molecule is O=C1NCCCCC1Nc1ccc2cc(Br)ccc2c1. The number of hydrogen-bond donors (Lipinski definition) is 2. The quantitative estimate of drug-likeness (QED) is 0.880. The van der Waals surface area contributed by atoms with Crippen molar-refractivity contribution in [3.05, 3.63) is 40.9 Å². The van der Waals surface area contributed by atoms with Gasteiger partial charge < -0.3 is 10.6 Å². The van der Waals surface area contributed by atoms with Gasteiger partial charge in [-0.05, 0) is 54.3 Å². The number of carbonyl (C=O) groups excluding carboxylic acids is 1. The largest absolute Gasteiger partial charge is 0.374 e. The molecule has 1 atom stereocenters. The second-order valence-corrected chi connectivity index (χ2v) is 6.11. The van der Waals surface area contributed by atoms with Crippen molar-refractivity contribution >= 4 is 38.3 Å². The fraction of sp³-hybridized carbons (Fsp3) is 0.312. The van der Waals surface area contributed by atoms with Crippen LogP contribution in [0.15, 0.2) is 40.9 Å². The number of carbonyl (C=O) groups is 1. The number of nitrogens with one attached hydrogen (secondary N) is 2. The smallest absolute Gasteiger partial charge is 0.242 e. The molecule has 0 bridgehead atoms. The van der Waals surface area contributed by atoms with Gasteiger partial charge in [-0.15, -0.1) is 0 Å². The number of benzene rings is 2. The van der Waals surface area contributed by atoms with E-state index in [-0.39, 0.29) is 11.9 Å². The average Bonchev–Trinajstić information content (AvgIpc) is 2.64. The van der Waals surface area contributed by atoms with Crippen molar-refractivity contribution in [3.63, 3.8) is 0 Å². The standard InChI is InChI=1S/C16H17BrN2O/c17-13-6-4-12-10-14(7-5-11(12)9-13)19-15-3-1-2-8-18-16(15)20/h4-7,9-10,15,19H,1-3,8H2,(H,18,20). The molecule has 104 valence electrons.